The highest BCUT2D eigenvalue weighted by atomic mass is 35.5. The summed E-state index contributed by atoms with van der Waals surface area (Å²) < 4.78 is 0. The van der Waals surface area contributed by atoms with Crippen molar-refractivity contribution in [1.29, 1.82) is 0 Å². The molecule has 0 aromatic heterocycles. The zero-order valence-electron chi connectivity index (χ0n) is 8.70. The van der Waals surface area contributed by atoms with Crippen molar-refractivity contribution in [3.8, 4) is 0 Å². The van der Waals surface area contributed by atoms with Crippen molar-refractivity contribution in [3.63, 3.8) is 0 Å². The molecule has 1 rings (SSSR count). The number of carboxylic acids is 1. The summed E-state index contributed by atoms with van der Waals surface area (Å²) in [5.74, 6) is -1.28. The number of rotatable bonds is 3. The maximum atomic E-state index is 11.0. The van der Waals surface area contributed by atoms with Crippen molar-refractivity contribution >= 4 is 17.6 Å². The zero-order chi connectivity index (χ0) is 11.6. The van der Waals surface area contributed by atoms with Gasteiger partial charge in [0, 0.05) is 10.9 Å². The summed E-state index contributed by atoms with van der Waals surface area (Å²) in [6.07, 6.45) is 0. The molecule has 1 aromatic rings. The van der Waals surface area contributed by atoms with Gasteiger partial charge in [0.25, 0.3) is 0 Å². The van der Waals surface area contributed by atoms with Gasteiger partial charge in [-0.15, -0.1) is 0 Å². The van der Waals surface area contributed by atoms with Gasteiger partial charge in [0.1, 0.15) is 5.54 Å². The van der Waals surface area contributed by atoms with Crippen LogP contribution in [0.5, 0.6) is 0 Å². The molecule has 0 aliphatic heterocycles. The third-order valence-corrected chi connectivity index (χ3v) is 2.98. The monoisotopic (exact) mass is 227 g/mol. The van der Waals surface area contributed by atoms with Crippen LogP contribution >= 0.6 is 11.6 Å². The Hall–Kier alpha value is -1.06. The topological polar surface area (TPSA) is 63.3 Å². The molecule has 0 aliphatic carbocycles. The summed E-state index contributed by atoms with van der Waals surface area (Å²) >= 11 is 5.75. The van der Waals surface area contributed by atoms with Crippen molar-refractivity contribution in [3.05, 3.63) is 34.9 Å². The minimum atomic E-state index is -1.27. The van der Waals surface area contributed by atoms with Gasteiger partial charge in [-0.1, -0.05) is 30.7 Å². The lowest BCUT2D eigenvalue weighted by Crippen LogP contribution is -2.49. The summed E-state index contributed by atoms with van der Waals surface area (Å²) in [5.41, 5.74) is 5.34. The molecule has 0 fully saturated rings. The van der Waals surface area contributed by atoms with Crippen molar-refractivity contribution in [1.82, 2.24) is 0 Å². The average molecular weight is 228 g/mol. The predicted molar refractivity (Wildman–Crippen MR) is 60.1 cm³/mol. The summed E-state index contributed by atoms with van der Waals surface area (Å²) in [6, 6.07) is 7.04. The lowest BCUT2D eigenvalue weighted by Gasteiger charge is -2.27. The molecular weight excluding hydrogens is 214 g/mol. The molecule has 15 heavy (non-hydrogen) atoms. The molecule has 0 aliphatic rings. The van der Waals surface area contributed by atoms with Gasteiger partial charge < -0.3 is 10.8 Å². The van der Waals surface area contributed by atoms with Crippen LogP contribution in [0.15, 0.2) is 24.3 Å². The number of halogens is 1. The van der Waals surface area contributed by atoms with E-state index >= 15 is 0 Å². The van der Waals surface area contributed by atoms with Crippen LogP contribution in [0.3, 0.4) is 0 Å². The van der Waals surface area contributed by atoms with E-state index in [0.29, 0.717) is 5.02 Å². The summed E-state index contributed by atoms with van der Waals surface area (Å²) in [7, 11) is 0. The number of nitrogens with two attached hydrogens (primary N) is 1. The minimum Gasteiger partial charge on any atom is -0.480 e. The number of carbonyl (C=O) groups is 1. The van der Waals surface area contributed by atoms with E-state index < -0.39 is 11.5 Å². The van der Waals surface area contributed by atoms with E-state index in [1.165, 1.54) is 6.92 Å². The molecule has 0 heterocycles. The predicted octanol–water partition coefficient (Wildman–Crippen LogP) is 2.25. The molecule has 3 nitrogen and oxygen atoms in total. The molecular formula is C11H14ClNO2. The third kappa shape index (κ3) is 2.49. The number of hydrogen-bond acceptors (Lipinski definition) is 2. The Morgan fingerprint density at radius 2 is 1.93 bits per heavy atom. The van der Waals surface area contributed by atoms with Crippen LogP contribution < -0.4 is 5.73 Å². The first kappa shape index (κ1) is 12.0. The first-order valence-corrected chi connectivity index (χ1v) is 5.01. The van der Waals surface area contributed by atoms with Gasteiger partial charge >= 0.3 is 5.97 Å². The highest BCUT2D eigenvalue weighted by Gasteiger charge is 2.35. The molecule has 0 saturated heterocycles. The molecule has 0 amide bonds. The van der Waals surface area contributed by atoms with Crippen molar-refractivity contribution in [2.24, 2.45) is 5.73 Å². The van der Waals surface area contributed by atoms with Crippen LogP contribution in [0.2, 0.25) is 5.02 Å². The lowest BCUT2D eigenvalue weighted by molar-refractivity contribution is -0.143. The van der Waals surface area contributed by atoms with Gasteiger partial charge in [-0.05, 0) is 24.6 Å². The lowest BCUT2D eigenvalue weighted by atomic mass is 9.83. The molecule has 0 spiro atoms. The smallest absolute Gasteiger partial charge is 0.324 e. The molecule has 82 valence electrons. The number of carboxylic acid groups (broad SMARTS) is 1. The number of benzene rings is 1. The first-order valence-electron chi connectivity index (χ1n) is 4.63. The maximum Gasteiger partial charge on any atom is 0.324 e. The second kappa shape index (κ2) is 4.21. The fraction of sp³-hybridized carbons (Fsp3) is 0.364. The normalized spacial score (nSPS) is 16.8. The summed E-state index contributed by atoms with van der Waals surface area (Å²) in [6.45, 7) is 3.30. The van der Waals surface area contributed by atoms with E-state index in [1.54, 1.807) is 31.2 Å². The largest absolute Gasteiger partial charge is 0.480 e. The number of hydrogen-bond donors (Lipinski definition) is 2. The SMILES string of the molecule is CC(c1ccc(Cl)cc1)C(C)(N)C(=O)O. The van der Waals surface area contributed by atoms with Gasteiger partial charge in [0.2, 0.25) is 0 Å². The second-order valence-electron chi connectivity index (χ2n) is 3.86. The summed E-state index contributed by atoms with van der Waals surface area (Å²) in [5, 5.41) is 9.60. The fourth-order valence-electron chi connectivity index (χ4n) is 1.28. The summed E-state index contributed by atoms with van der Waals surface area (Å²) in [4.78, 5) is 11.0. The Labute approximate surface area is 93.9 Å². The highest BCUT2D eigenvalue weighted by molar-refractivity contribution is 6.30. The standard InChI is InChI=1S/C11H14ClNO2/c1-7(11(2,13)10(14)15)8-3-5-9(12)6-4-8/h3-7H,13H2,1-2H3,(H,14,15). The molecule has 0 bridgehead atoms. The molecule has 4 heteroatoms. The van der Waals surface area contributed by atoms with Crippen molar-refractivity contribution in [2.45, 2.75) is 25.3 Å². The molecule has 2 atom stereocenters. The van der Waals surface area contributed by atoms with Crippen LogP contribution in [0.25, 0.3) is 0 Å². The van der Waals surface area contributed by atoms with Crippen molar-refractivity contribution < 1.29 is 9.90 Å². The first-order chi connectivity index (χ1) is 6.85. The van der Waals surface area contributed by atoms with Gasteiger partial charge in [0.15, 0.2) is 0 Å². The van der Waals surface area contributed by atoms with Crippen molar-refractivity contribution in [2.75, 3.05) is 0 Å². The van der Waals surface area contributed by atoms with E-state index in [4.69, 9.17) is 22.4 Å². The van der Waals surface area contributed by atoms with Crippen LogP contribution in [-0.2, 0) is 4.79 Å². The second-order valence-corrected chi connectivity index (χ2v) is 4.30. The fourth-order valence-corrected chi connectivity index (χ4v) is 1.41. The maximum absolute atomic E-state index is 11.0. The van der Waals surface area contributed by atoms with Gasteiger partial charge in [0.05, 0.1) is 0 Å². The van der Waals surface area contributed by atoms with Crippen LogP contribution in [0.1, 0.15) is 25.3 Å². The van der Waals surface area contributed by atoms with E-state index in [2.05, 4.69) is 0 Å². The van der Waals surface area contributed by atoms with Crippen LogP contribution in [0, 0.1) is 0 Å². The molecule has 0 saturated carbocycles. The van der Waals surface area contributed by atoms with E-state index in [9.17, 15) is 4.79 Å². The molecule has 1 aromatic carbocycles. The molecule has 3 N–H and O–H groups in total. The van der Waals surface area contributed by atoms with Gasteiger partial charge in [-0.25, -0.2) is 0 Å². The Balaban J connectivity index is 2.99. The minimum absolute atomic E-state index is 0.271. The Bertz CT molecular complexity index is 359. The van der Waals surface area contributed by atoms with E-state index in [0.717, 1.165) is 5.56 Å². The quantitative estimate of drug-likeness (QED) is 0.833. The van der Waals surface area contributed by atoms with Gasteiger partial charge in [-0.3, -0.25) is 4.79 Å². The van der Waals surface area contributed by atoms with Crippen LogP contribution in [-0.4, -0.2) is 16.6 Å². The average Bonchev–Trinajstić information content (AvgIpc) is 2.17. The third-order valence-electron chi connectivity index (χ3n) is 2.73. The number of aliphatic carboxylic acids is 1. The van der Waals surface area contributed by atoms with Gasteiger partial charge in [-0.2, -0.15) is 0 Å². The Kier molecular flexibility index (Phi) is 3.37. The van der Waals surface area contributed by atoms with E-state index in [-0.39, 0.29) is 5.92 Å². The zero-order valence-corrected chi connectivity index (χ0v) is 9.45. The molecule has 0 radical (unpaired) electrons. The molecule has 2 unspecified atom stereocenters. The Morgan fingerprint density at radius 3 is 2.33 bits per heavy atom. The van der Waals surface area contributed by atoms with Crippen LogP contribution in [0.4, 0.5) is 0 Å². The Morgan fingerprint density at radius 1 is 1.47 bits per heavy atom. The van der Waals surface area contributed by atoms with E-state index in [1.807, 2.05) is 0 Å². The highest BCUT2D eigenvalue weighted by Crippen LogP contribution is 2.27.